The van der Waals surface area contributed by atoms with Gasteiger partial charge in [-0.15, -0.1) is 0 Å². The van der Waals surface area contributed by atoms with Crippen molar-refractivity contribution in [3.63, 3.8) is 0 Å². The van der Waals surface area contributed by atoms with Crippen LogP contribution in [0.2, 0.25) is 0 Å². The van der Waals surface area contributed by atoms with Gasteiger partial charge < -0.3 is 0 Å². The predicted molar refractivity (Wildman–Crippen MR) is 95.8 cm³/mol. The molecule has 0 aromatic carbocycles. The average Bonchev–Trinajstić information content (AvgIpc) is 1.22. The van der Waals surface area contributed by atoms with Gasteiger partial charge in [-0.2, -0.15) is 0 Å². The summed E-state index contributed by atoms with van der Waals surface area (Å²) in [5, 5.41) is 0. The van der Waals surface area contributed by atoms with Crippen LogP contribution < -0.4 is 0 Å². The number of hydrogen-bond acceptors (Lipinski definition) is 1. The fourth-order valence-corrected chi connectivity index (χ4v) is 13.4. The molecule has 7 heteroatoms. The highest BCUT2D eigenvalue weighted by Crippen LogP contribution is 3.23. The Morgan fingerprint density at radius 2 is 1.44 bits per heavy atom. The molecule has 0 nitrogen and oxygen atoms in total. The minimum atomic E-state index is -1.77. The molecule has 0 spiro atoms. The van der Waals surface area contributed by atoms with Gasteiger partial charge in [-0.25, -0.2) is 0 Å². The molecule has 0 aliphatic carbocycles. The van der Waals surface area contributed by atoms with Crippen molar-refractivity contribution in [1.29, 1.82) is 0 Å². The summed E-state index contributed by atoms with van der Waals surface area (Å²) in [5.74, 6) is 1.20. The Labute approximate surface area is 119 Å². The summed E-state index contributed by atoms with van der Waals surface area (Å²) in [6, 6.07) is 0. The summed E-state index contributed by atoms with van der Waals surface area (Å²) in [7, 11) is 2.04. The first-order valence-corrected chi connectivity index (χ1v) is 18.6. The van der Waals surface area contributed by atoms with Gasteiger partial charge in [-0.3, -0.25) is 0 Å². The zero-order valence-electron chi connectivity index (χ0n) is 4.41. The molecule has 9 heavy (non-hydrogen) atoms. The van der Waals surface area contributed by atoms with Crippen LogP contribution in [-0.2, 0) is 0 Å². The Morgan fingerprint density at radius 3 is 1.44 bits per heavy atom. The van der Waals surface area contributed by atoms with Crippen LogP contribution in [0.1, 0.15) is 6.92 Å². The van der Waals surface area contributed by atoms with Crippen molar-refractivity contribution in [2.24, 2.45) is 0 Å². The van der Waals surface area contributed by atoms with Gasteiger partial charge in [0.1, 0.15) is 0 Å². The molecular formula is C2H5I5S2. The molecule has 0 N–H and O–H groups in total. The summed E-state index contributed by atoms with van der Waals surface area (Å²) in [6.45, 7) is 2.21. The zero-order chi connectivity index (χ0) is 7.82. The highest BCUT2D eigenvalue weighted by Gasteiger charge is 2.48. The molecule has 0 saturated heterocycles. The average molecular weight is 728 g/mol. The van der Waals surface area contributed by atoms with E-state index in [-0.39, 0.29) is 0 Å². The molecule has 0 aliphatic rings. The second-order valence-electron chi connectivity index (χ2n) is 1.30. The maximum Gasteiger partial charge on any atom is 0.00440 e. The Bertz CT molecular complexity index is 107. The number of halogens is 5. The van der Waals surface area contributed by atoms with E-state index in [1.54, 1.807) is 0 Å². The molecule has 0 aromatic rings. The third kappa shape index (κ3) is 12.4. The van der Waals surface area contributed by atoms with E-state index >= 15 is 0 Å². The molecule has 0 saturated carbocycles. The SMILES string of the molecule is CCSS(I)(I)(I)(I)I. The van der Waals surface area contributed by atoms with Gasteiger partial charge in [-0.1, -0.05) is 17.7 Å². The van der Waals surface area contributed by atoms with Gasteiger partial charge in [0, 0.05) is 112 Å². The van der Waals surface area contributed by atoms with Crippen LogP contribution >= 0.6 is 110 Å². The lowest BCUT2D eigenvalue weighted by molar-refractivity contribution is 1.54. The summed E-state index contributed by atoms with van der Waals surface area (Å²) in [6.07, 6.45) is 0. The Kier molecular flexibility index (Phi) is 5.18. The molecule has 0 bridgehead atoms. The monoisotopic (exact) mass is 728 g/mol. The van der Waals surface area contributed by atoms with Gasteiger partial charge in [0.25, 0.3) is 0 Å². The van der Waals surface area contributed by atoms with Gasteiger partial charge in [0.05, 0.1) is 0 Å². The summed E-state index contributed by atoms with van der Waals surface area (Å²) < 4.78 is -1.77. The Morgan fingerprint density at radius 1 is 1.11 bits per heavy atom. The standard InChI is InChI=1S/C2H5I5S2/c1-2-8-9(3,4,5,6)7/h2H2,1H3. The van der Waals surface area contributed by atoms with E-state index in [9.17, 15) is 0 Å². The van der Waals surface area contributed by atoms with Crippen LogP contribution in [-0.4, -0.2) is 5.75 Å². The molecule has 0 amide bonds. The van der Waals surface area contributed by atoms with Crippen LogP contribution in [0.25, 0.3) is 0 Å². The predicted octanol–water partition coefficient (Wildman–Crippen LogP) is 6.28. The molecule has 0 aliphatic heterocycles. The van der Waals surface area contributed by atoms with E-state index in [0.29, 0.717) is 0 Å². The molecule has 0 radical (unpaired) electrons. The zero-order valence-corrected chi connectivity index (χ0v) is 16.8. The van der Waals surface area contributed by atoms with Gasteiger partial charge in [0.2, 0.25) is 0 Å². The lowest BCUT2D eigenvalue weighted by Gasteiger charge is -2.52. The van der Waals surface area contributed by atoms with E-state index < -0.39 is -6.82 Å². The van der Waals surface area contributed by atoms with Crippen molar-refractivity contribution in [2.75, 3.05) is 5.75 Å². The fourth-order valence-electron chi connectivity index (χ4n) is 0.223. The van der Waals surface area contributed by atoms with Crippen molar-refractivity contribution >= 4 is 110 Å². The smallest absolute Gasteiger partial charge is 0.00440 e. The van der Waals surface area contributed by atoms with Crippen molar-refractivity contribution in [1.82, 2.24) is 0 Å². The maximum absolute atomic E-state index is 2.57. The Hall–Kier alpha value is 4.35. The molecule has 0 unspecified atom stereocenters. The molecular weight excluding hydrogens is 723 g/mol. The van der Waals surface area contributed by atoms with E-state index in [2.05, 4.69) is 113 Å². The van der Waals surface area contributed by atoms with Crippen LogP contribution in [0.5, 0.6) is 0 Å². The minimum Gasteiger partial charge on any atom is -0.0869 e. The largest absolute Gasteiger partial charge is 0.0869 e. The number of rotatable bonds is 2. The number of hydrogen-bond donors (Lipinski definition) is 0. The minimum absolute atomic E-state index is 1.20. The normalized spacial score (nSPS) is 20.7. The topological polar surface area (TPSA) is 0 Å². The fraction of sp³-hybridized carbons (Fsp3) is 1.00. The highest BCUT2D eigenvalue weighted by atomic mass is 127. The molecule has 0 fully saturated rings. The van der Waals surface area contributed by atoms with Gasteiger partial charge >= 0.3 is 0 Å². The first kappa shape index (κ1) is 13.4. The van der Waals surface area contributed by atoms with Gasteiger partial charge in [0.15, 0.2) is 0 Å². The van der Waals surface area contributed by atoms with E-state index in [4.69, 9.17) is 0 Å². The molecule has 0 atom stereocenters. The lowest BCUT2D eigenvalue weighted by Crippen LogP contribution is -1.83. The van der Waals surface area contributed by atoms with Crippen LogP contribution in [0.15, 0.2) is 0 Å². The van der Waals surface area contributed by atoms with E-state index in [1.165, 1.54) is 5.75 Å². The second kappa shape index (κ2) is 3.49. The third-order valence-electron chi connectivity index (χ3n) is 0.341. The quantitative estimate of drug-likeness (QED) is 0.239. The van der Waals surface area contributed by atoms with Crippen molar-refractivity contribution in [2.45, 2.75) is 6.92 Å². The molecule has 0 rings (SSSR count). The maximum atomic E-state index is 2.57. The summed E-state index contributed by atoms with van der Waals surface area (Å²) in [5.41, 5.74) is 0. The van der Waals surface area contributed by atoms with Crippen LogP contribution in [0.4, 0.5) is 0 Å². The van der Waals surface area contributed by atoms with E-state index in [0.717, 1.165) is 0 Å². The third-order valence-corrected chi connectivity index (χ3v) is 14.5. The molecule has 60 valence electrons. The van der Waals surface area contributed by atoms with Crippen molar-refractivity contribution in [3.8, 4) is 0 Å². The van der Waals surface area contributed by atoms with Crippen molar-refractivity contribution in [3.05, 3.63) is 0 Å². The van der Waals surface area contributed by atoms with Crippen molar-refractivity contribution < 1.29 is 0 Å². The Balaban J connectivity index is 4.34. The highest BCUT2D eigenvalue weighted by molar-refractivity contribution is 14.7. The molecule has 0 heterocycles. The summed E-state index contributed by atoms with van der Waals surface area (Å²) >= 11 is 12.9. The first-order valence-electron chi connectivity index (χ1n) is 1.93. The molecule has 0 aromatic heterocycles. The van der Waals surface area contributed by atoms with Crippen LogP contribution in [0.3, 0.4) is 0 Å². The first-order chi connectivity index (χ1) is 3.54. The lowest BCUT2D eigenvalue weighted by atomic mass is 11.0. The van der Waals surface area contributed by atoms with Crippen LogP contribution in [0, 0.1) is 0 Å². The van der Waals surface area contributed by atoms with Gasteiger partial charge in [-0.05, 0) is -6.82 Å². The van der Waals surface area contributed by atoms with E-state index in [1.807, 2.05) is 10.8 Å². The second-order valence-corrected chi connectivity index (χ2v) is 99.7. The summed E-state index contributed by atoms with van der Waals surface area (Å²) in [4.78, 5) is 0.